The number of nitrogens with one attached hydrogen (secondary N) is 1. The molecule has 0 aromatic carbocycles. The number of halogens is 2. The van der Waals surface area contributed by atoms with E-state index in [0.29, 0.717) is 0 Å². The van der Waals surface area contributed by atoms with Gasteiger partial charge in [0, 0.05) is 19.7 Å². The van der Waals surface area contributed by atoms with Gasteiger partial charge >= 0.3 is 0 Å². The highest BCUT2D eigenvalue weighted by Crippen LogP contribution is 2.02. The van der Waals surface area contributed by atoms with Gasteiger partial charge in [0.2, 0.25) is 0 Å². The number of methoxy groups -OCH3 is 1. The SMILES string of the molecule is CO[C@H]1CNCC[C@H]1N.Cl.Cl. The van der Waals surface area contributed by atoms with Gasteiger partial charge in [-0.3, -0.25) is 0 Å². The molecular weight excluding hydrogens is 187 g/mol. The highest BCUT2D eigenvalue weighted by Gasteiger charge is 2.19. The van der Waals surface area contributed by atoms with Gasteiger partial charge in [-0.2, -0.15) is 0 Å². The lowest BCUT2D eigenvalue weighted by Gasteiger charge is -2.27. The molecule has 0 unspecified atom stereocenters. The van der Waals surface area contributed by atoms with Gasteiger partial charge in [0.1, 0.15) is 0 Å². The van der Waals surface area contributed by atoms with Gasteiger partial charge in [-0.05, 0) is 13.0 Å². The third kappa shape index (κ3) is 4.13. The van der Waals surface area contributed by atoms with E-state index in [9.17, 15) is 0 Å². The number of nitrogens with two attached hydrogens (primary N) is 1. The normalized spacial score (nSPS) is 30.0. The lowest BCUT2D eigenvalue weighted by atomic mass is 10.1. The second kappa shape index (κ2) is 7.13. The number of rotatable bonds is 1. The highest BCUT2D eigenvalue weighted by atomic mass is 35.5. The molecule has 0 bridgehead atoms. The molecular formula is C6H16Cl2N2O. The third-order valence-electron chi connectivity index (χ3n) is 1.78. The summed E-state index contributed by atoms with van der Waals surface area (Å²) in [5.74, 6) is 0. The van der Waals surface area contributed by atoms with Crippen LogP contribution in [-0.4, -0.2) is 32.3 Å². The van der Waals surface area contributed by atoms with Crippen molar-refractivity contribution in [2.24, 2.45) is 5.73 Å². The van der Waals surface area contributed by atoms with Gasteiger partial charge in [-0.1, -0.05) is 0 Å². The van der Waals surface area contributed by atoms with E-state index in [1.807, 2.05) is 0 Å². The van der Waals surface area contributed by atoms with Crippen molar-refractivity contribution in [2.75, 3.05) is 20.2 Å². The molecule has 0 radical (unpaired) electrons. The molecule has 70 valence electrons. The summed E-state index contributed by atoms with van der Waals surface area (Å²) in [6.07, 6.45) is 1.25. The van der Waals surface area contributed by atoms with Crippen molar-refractivity contribution in [2.45, 2.75) is 18.6 Å². The van der Waals surface area contributed by atoms with Crippen molar-refractivity contribution in [1.29, 1.82) is 0 Å². The van der Waals surface area contributed by atoms with Crippen LogP contribution in [0.3, 0.4) is 0 Å². The summed E-state index contributed by atoms with van der Waals surface area (Å²) in [5.41, 5.74) is 5.72. The van der Waals surface area contributed by atoms with Crippen LogP contribution in [0, 0.1) is 0 Å². The fraction of sp³-hybridized carbons (Fsp3) is 1.00. The van der Waals surface area contributed by atoms with Crippen molar-refractivity contribution < 1.29 is 4.74 Å². The minimum atomic E-state index is 0. The molecule has 1 heterocycles. The minimum Gasteiger partial charge on any atom is -0.379 e. The van der Waals surface area contributed by atoms with Crippen LogP contribution in [-0.2, 0) is 4.74 Å². The largest absolute Gasteiger partial charge is 0.379 e. The second-order valence-electron chi connectivity index (χ2n) is 2.43. The van der Waals surface area contributed by atoms with Crippen molar-refractivity contribution in [3.05, 3.63) is 0 Å². The topological polar surface area (TPSA) is 47.3 Å². The molecule has 0 aliphatic carbocycles. The van der Waals surface area contributed by atoms with Gasteiger partial charge in [0.05, 0.1) is 6.10 Å². The molecule has 0 aromatic heterocycles. The predicted molar refractivity (Wildman–Crippen MR) is 50.8 cm³/mol. The van der Waals surface area contributed by atoms with Gasteiger partial charge in [-0.25, -0.2) is 0 Å². The Labute approximate surface area is 79.9 Å². The summed E-state index contributed by atoms with van der Waals surface area (Å²) in [5, 5.41) is 3.21. The molecule has 0 spiro atoms. The Hall–Kier alpha value is 0.460. The fourth-order valence-corrected chi connectivity index (χ4v) is 1.11. The fourth-order valence-electron chi connectivity index (χ4n) is 1.11. The van der Waals surface area contributed by atoms with Crippen LogP contribution in [0.4, 0.5) is 0 Å². The van der Waals surface area contributed by atoms with Gasteiger partial charge in [-0.15, -0.1) is 24.8 Å². The van der Waals surface area contributed by atoms with E-state index in [1.54, 1.807) is 7.11 Å². The number of hydrogen-bond donors (Lipinski definition) is 2. The summed E-state index contributed by atoms with van der Waals surface area (Å²) in [7, 11) is 1.71. The standard InChI is InChI=1S/C6H14N2O.2ClH/c1-9-6-4-8-3-2-5(6)7;;/h5-6,8H,2-4,7H2,1H3;2*1H/t5-,6+;;/m1../s1. The summed E-state index contributed by atoms with van der Waals surface area (Å²) in [6.45, 7) is 1.93. The highest BCUT2D eigenvalue weighted by molar-refractivity contribution is 5.85. The molecule has 1 rings (SSSR count). The third-order valence-corrected chi connectivity index (χ3v) is 1.78. The molecule has 1 fully saturated rings. The minimum absolute atomic E-state index is 0. The average Bonchev–Trinajstić information content (AvgIpc) is 1.89. The summed E-state index contributed by atoms with van der Waals surface area (Å²) in [6, 6.07) is 0.233. The zero-order chi connectivity index (χ0) is 6.69. The predicted octanol–water partition coefficient (Wildman–Crippen LogP) is 0.166. The Morgan fingerprint density at radius 1 is 1.45 bits per heavy atom. The van der Waals surface area contributed by atoms with Gasteiger partial charge in [0.15, 0.2) is 0 Å². The number of hydrogen-bond acceptors (Lipinski definition) is 3. The first-order valence-corrected chi connectivity index (χ1v) is 3.33. The Kier molecular flexibility index (Phi) is 9.08. The summed E-state index contributed by atoms with van der Waals surface area (Å²) < 4.78 is 5.12. The Morgan fingerprint density at radius 3 is 2.45 bits per heavy atom. The first-order valence-electron chi connectivity index (χ1n) is 3.33. The first kappa shape index (κ1) is 14.0. The van der Waals surface area contributed by atoms with Crippen LogP contribution in [0.5, 0.6) is 0 Å². The van der Waals surface area contributed by atoms with Crippen LogP contribution < -0.4 is 11.1 Å². The Bertz CT molecular complexity index is 94.7. The molecule has 1 aliphatic heterocycles. The van der Waals surface area contributed by atoms with Crippen LogP contribution in [0.2, 0.25) is 0 Å². The summed E-state index contributed by atoms with van der Waals surface area (Å²) >= 11 is 0. The van der Waals surface area contributed by atoms with Crippen molar-refractivity contribution in [3.8, 4) is 0 Å². The maximum atomic E-state index is 5.72. The molecule has 3 N–H and O–H groups in total. The number of ether oxygens (including phenoxy) is 1. The van der Waals surface area contributed by atoms with Gasteiger partial charge in [0.25, 0.3) is 0 Å². The van der Waals surface area contributed by atoms with Crippen molar-refractivity contribution in [3.63, 3.8) is 0 Å². The summed E-state index contributed by atoms with van der Waals surface area (Å²) in [4.78, 5) is 0. The zero-order valence-electron chi connectivity index (χ0n) is 6.58. The Morgan fingerprint density at radius 2 is 2.09 bits per heavy atom. The molecule has 0 saturated carbocycles. The van der Waals surface area contributed by atoms with E-state index in [2.05, 4.69) is 5.32 Å². The van der Waals surface area contributed by atoms with Crippen LogP contribution >= 0.6 is 24.8 Å². The maximum absolute atomic E-state index is 5.72. The smallest absolute Gasteiger partial charge is 0.0846 e. The van der Waals surface area contributed by atoms with E-state index in [-0.39, 0.29) is 37.0 Å². The first-order chi connectivity index (χ1) is 4.34. The lowest BCUT2D eigenvalue weighted by Crippen LogP contribution is -2.49. The van der Waals surface area contributed by atoms with E-state index < -0.39 is 0 Å². The Balaban J connectivity index is 0. The second-order valence-corrected chi connectivity index (χ2v) is 2.43. The van der Waals surface area contributed by atoms with Gasteiger partial charge < -0.3 is 15.8 Å². The zero-order valence-corrected chi connectivity index (χ0v) is 8.21. The molecule has 0 aromatic rings. The van der Waals surface area contributed by atoms with Crippen molar-refractivity contribution in [1.82, 2.24) is 5.32 Å². The van der Waals surface area contributed by atoms with Crippen LogP contribution in [0.25, 0.3) is 0 Å². The molecule has 3 nitrogen and oxygen atoms in total. The van der Waals surface area contributed by atoms with Crippen LogP contribution in [0.1, 0.15) is 6.42 Å². The molecule has 11 heavy (non-hydrogen) atoms. The van der Waals surface area contributed by atoms with E-state index in [4.69, 9.17) is 10.5 Å². The molecule has 5 heteroatoms. The maximum Gasteiger partial charge on any atom is 0.0846 e. The average molecular weight is 203 g/mol. The molecule has 0 amide bonds. The monoisotopic (exact) mass is 202 g/mol. The van der Waals surface area contributed by atoms with E-state index >= 15 is 0 Å². The molecule has 2 atom stereocenters. The number of piperidine rings is 1. The van der Waals surface area contributed by atoms with E-state index in [1.165, 1.54) is 0 Å². The lowest BCUT2D eigenvalue weighted by molar-refractivity contribution is 0.0646. The molecule has 1 saturated heterocycles. The van der Waals surface area contributed by atoms with Crippen molar-refractivity contribution >= 4 is 24.8 Å². The molecule has 1 aliphatic rings. The van der Waals surface area contributed by atoms with E-state index in [0.717, 1.165) is 19.5 Å². The van der Waals surface area contributed by atoms with Crippen LogP contribution in [0.15, 0.2) is 0 Å². The quantitative estimate of drug-likeness (QED) is 0.638.